The molecule has 0 saturated carbocycles. The van der Waals surface area contributed by atoms with Crippen molar-refractivity contribution in [3.8, 4) is 0 Å². The highest BCUT2D eigenvalue weighted by Gasteiger charge is 2.22. The summed E-state index contributed by atoms with van der Waals surface area (Å²) < 4.78 is 0. The minimum Gasteiger partial charge on any atom is -0.246 e. The molecule has 3 rings (SSSR count). The molecule has 0 bridgehead atoms. The van der Waals surface area contributed by atoms with Crippen LogP contribution in [0.4, 0.5) is 0 Å². The van der Waals surface area contributed by atoms with E-state index >= 15 is 0 Å². The van der Waals surface area contributed by atoms with Crippen molar-refractivity contribution in [2.45, 2.75) is 38.0 Å². The van der Waals surface area contributed by atoms with Crippen molar-refractivity contribution < 1.29 is 0 Å². The number of benzene rings is 1. The van der Waals surface area contributed by atoms with Crippen LogP contribution in [-0.2, 0) is 19.3 Å². The quantitative estimate of drug-likeness (QED) is 0.751. The largest absolute Gasteiger partial charge is 0.246 e. The van der Waals surface area contributed by atoms with E-state index in [-0.39, 0.29) is 0 Å². The Hall–Kier alpha value is -0.860. The van der Waals surface area contributed by atoms with Gasteiger partial charge in [-0.2, -0.15) is 0 Å². The van der Waals surface area contributed by atoms with Crippen molar-refractivity contribution >= 4 is 22.9 Å². The van der Waals surface area contributed by atoms with E-state index in [1.165, 1.54) is 34.7 Å². The Balaban J connectivity index is 1.72. The summed E-state index contributed by atoms with van der Waals surface area (Å²) in [6.45, 7) is 0. The lowest BCUT2D eigenvalue weighted by atomic mass is 9.84. The molecule has 2 aromatic rings. The van der Waals surface area contributed by atoms with Gasteiger partial charge in [0.05, 0.1) is 10.7 Å². The maximum atomic E-state index is 5.74. The summed E-state index contributed by atoms with van der Waals surface area (Å²) in [5, 5.41) is 3.53. The summed E-state index contributed by atoms with van der Waals surface area (Å²) in [6.07, 6.45) is 5.62. The van der Waals surface area contributed by atoms with Crippen LogP contribution in [0.5, 0.6) is 0 Å². The molecule has 100 valence electrons. The third kappa shape index (κ3) is 3.01. The van der Waals surface area contributed by atoms with Gasteiger partial charge in [-0.3, -0.25) is 0 Å². The number of aryl methyl sites for hydroxylation is 2. The summed E-state index contributed by atoms with van der Waals surface area (Å²) in [4.78, 5) is 4.80. The smallest absolute Gasteiger partial charge is 0.0962 e. The summed E-state index contributed by atoms with van der Waals surface area (Å²) in [7, 11) is 0. The van der Waals surface area contributed by atoms with Gasteiger partial charge in [-0.25, -0.2) is 4.98 Å². The number of rotatable bonds is 4. The molecule has 1 heterocycles. The molecule has 0 fully saturated rings. The van der Waals surface area contributed by atoms with Crippen LogP contribution in [0, 0.1) is 0 Å². The summed E-state index contributed by atoms with van der Waals surface area (Å²) in [6, 6.07) is 8.82. The predicted molar refractivity (Wildman–Crippen MR) is 82.4 cm³/mol. The Labute approximate surface area is 123 Å². The van der Waals surface area contributed by atoms with Gasteiger partial charge in [-0.1, -0.05) is 24.3 Å². The maximum Gasteiger partial charge on any atom is 0.0962 e. The molecule has 0 radical (unpaired) electrons. The van der Waals surface area contributed by atoms with Gasteiger partial charge in [-0.05, 0) is 43.2 Å². The Morgan fingerprint density at radius 3 is 2.95 bits per heavy atom. The fourth-order valence-corrected chi connectivity index (χ4v) is 3.91. The lowest BCUT2D eigenvalue weighted by Gasteiger charge is -2.22. The lowest BCUT2D eigenvalue weighted by Crippen LogP contribution is -2.12. The van der Waals surface area contributed by atoms with Gasteiger partial charge in [0.2, 0.25) is 0 Å². The monoisotopic (exact) mass is 291 g/mol. The lowest BCUT2D eigenvalue weighted by molar-refractivity contribution is 0.580. The first-order valence-corrected chi connectivity index (χ1v) is 8.35. The number of nitrogens with zero attached hydrogens (tertiary/aromatic N) is 1. The number of aromatic nitrogens is 1. The van der Waals surface area contributed by atoms with E-state index in [9.17, 15) is 0 Å². The SMILES string of the molecule is ClCCCc1csc(C2CCc3ccccc3C2)n1. The molecule has 1 aliphatic rings. The van der Waals surface area contributed by atoms with Crippen LogP contribution in [0.2, 0.25) is 0 Å². The molecule has 1 nitrogen and oxygen atoms in total. The molecular formula is C16H18ClNS. The van der Waals surface area contributed by atoms with Gasteiger partial charge < -0.3 is 0 Å². The van der Waals surface area contributed by atoms with Gasteiger partial charge >= 0.3 is 0 Å². The second-order valence-corrected chi connectivity index (χ2v) is 6.45. The van der Waals surface area contributed by atoms with Gasteiger partial charge in [0.15, 0.2) is 0 Å². The maximum absolute atomic E-state index is 5.74. The highest BCUT2D eigenvalue weighted by molar-refractivity contribution is 7.09. The molecule has 0 amide bonds. The summed E-state index contributed by atoms with van der Waals surface area (Å²) in [5.74, 6) is 1.34. The molecule has 0 N–H and O–H groups in total. The van der Waals surface area contributed by atoms with E-state index in [4.69, 9.17) is 16.6 Å². The highest BCUT2D eigenvalue weighted by atomic mass is 35.5. The second-order valence-electron chi connectivity index (χ2n) is 5.18. The number of thiazole rings is 1. The molecule has 19 heavy (non-hydrogen) atoms. The van der Waals surface area contributed by atoms with Crippen LogP contribution in [0.15, 0.2) is 29.6 Å². The van der Waals surface area contributed by atoms with Crippen molar-refractivity contribution in [3.63, 3.8) is 0 Å². The molecule has 1 unspecified atom stereocenters. The first-order chi connectivity index (χ1) is 9.36. The standard InChI is InChI=1S/C16H18ClNS/c17-9-3-6-15-11-19-16(18-15)14-8-7-12-4-1-2-5-13(12)10-14/h1-2,4-5,11,14H,3,6-10H2. The average Bonchev–Trinajstić information content (AvgIpc) is 2.93. The minimum absolute atomic E-state index is 0.615. The van der Waals surface area contributed by atoms with E-state index in [0.717, 1.165) is 25.1 Å². The average molecular weight is 292 g/mol. The topological polar surface area (TPSA) is 12.9 Å². The van der Waals surface area contributed by atoms with E-state index in [2.05, 4.69) is 29.6 Å². The van der Waals surface area contributed by atoms with Crippen molar-refractivity contribution in [1.82, 2.24) is 4.98 Å². The molecule has 3 heteroatoms. The number of hydrogen-bond acceptors (Lipinski definition) is 2. The zero-order valence-electron chi connectivity index (χ0n) is 10.9. The molecule has 1 aromatic heterocycles. The Morgan fingerprint density at radius 2 is 2.11 bits per heavy atom. The normalized spacial score (nSPS) is 18.3. The second kappa shape index (κ2) is 6.06. The minimum atomic E-state index is 0.615. The molecule has 1 atom stereocenters. The number of hydrogen-bond donors (Lipinski definition) is 0. The molecular weight excluding hydrogens is 274 g/mol. The Bertz CT molecular complexity index is 549. The van der Waals surface area contributed by atoms with Crippen LogP contribution in [0.25, 0.3) is 0 Å². The van der Waals surface area contributed by atoms with Crippen LogP contribution >= 0.6 is 22.9 Å². The molecule has 0 aliphatic heterocycles. The van der Waals surface area contributed by atoms with Crippen molar-refractivity contribution in [2.24, 2.45) is 0 Å². The summed E-state index contributed by atoms with van der Waals surface area (Å²) >= 11 is 7.57. The first-order valence-electron chi connectivity index (χ1n) is 6.94. The zero-order chi connectivity index (χ0) is 13.1. The van der Waals surface area contributed by atoms with Gasteiger partial charge in [0, 0.05) is 17.2 Å². The number of halogens is 1. The van der Waals surface area contributed by atoms with Crippen molar-refractivity contribution in [3.05, 3.63) is 51.5 Å². The number of fused-ring (bicyclic) bond motifs is 1. The third-order valence-electron chi connectivity index (χ3n) is 3.83. The number of alkyl halides is 1. The van der Waals surface area contributed by atoms with Gasteiger partial charge in [0.1, 0.15) is 0 Å². The van der Waals surface area contributed by atoms with Crippen molar-refractivity contribution in [2.75, 3.05) is 5.88 Å². The molecule has 0 spiro atoms. The molecule has 0 saturated heterocycles. The van der Waals surface area contributed by atoms with E-state index < -0.39 is 0 Å². The van der Waals surface area contributed by atoms with Crippen LogP contribution in [0.1, 0.15) is 40.6 Å². The zero-order valence-corrected chi connectivity index (χ0v) is 12.5. The molecule has 1 aromatic carbocycles. The van der Waals surface area contributed by atoms with E-state index in [1.807, 2.05) is 11.3 Å². The predicted octanol–water partition coefficient (Wildman–Crippen LogP) is 4.59. The third-order valence-corrected chi connectivity index (χ3v) is 5.16. The van der Waals surface area contributed by atoms with Crippen molar-refractivity contribution in [1.29, 1.82) is 0 Å². The van der Waals surface area contributed by atoms with Crippen LogP contribution < -0.4 is 0 Å². The van der Waals surface area contributed by atoms with Gasteiger partial charge in [0.25, 0.3) is 0 Å². The fraction of sp³-hybridized carbons (Fsp3) is 0.438. The summed E-state index contributed by atoms with van der Waals surface area (Å²) in [5.41, 5.74) is 4.26. The van der Waals surface area contributed by atoms with Crippen LogP contribution in [-0.4, -0.2) is 10.9 Å². The Morgan fingerprint density at radius 1 is 1.26 bits per heavy atom. The highest BCUT2D eigenvalue weighted by Crippen LogP contribution is 2.34. The molecule has 1 aliphatic carbocycles. The van der Waals surface area contributed by atoms with Gasteiger partial charge in [-0.15, -0.1) is 22.9 Å². The van der Waals surface area contributed by atoms with E-state index in [0.29, 0.717) is 5.92 Å². The van der Waals surface area contributed by atoms with Crippen LogP contribution in [0.3, 0.4) is 0 Å². The first kappa shape index (κ1) is 13.1. The fourth-order valence-electron chi connectivity index (χ4n) is 2.78. The van der Waals surface area contributed by atoms with E-state index in [1.54, 1.807) is 0 Å². The Kier molecular flexibility index (Phi) is 4.19.